The summed E-state index contributed by atoms with van der Waals surface area (Å²) in [6.07, 6.45) is 2.60. The number of nitrogens with one attached hydrogen (secondary N) is 1. The number of carbonyl (C=O) groups excluding carboxylic acids is 1. The fourth-order valence-electron chi connectivity index (χ4n) is 2.91. The first-order valence-corrected chi connectivity index (χ1v) is 8.35. The molecule has 7 heteroatoms. The lowest BCUT2D eigenvalue weighted by molar-refractivity contribution is -0.760. The molecular weight excluding hydrogens is 340 g/mol. The Morgan fingerprint density at radius 2 is 1.92 bits per heavy atom. The van der Waals surface area contributed by atoms with Gasteiger partial charge in [-0.05, 0) is 29.7 Å². The second-order valence-electron chi connectivity index (χ2n) is 5.83. The number of amides is 1. The van der Waals surface area contributed by atoms with E-state index in [0.29, 0.717) is 10.6 Å². The number of halogens is 1. The summed E-state index contributed by atoms with van der Waals surface area (Å²) < 4.78 is 5.23. The van der Waals surface area contributed by atoms with Gasteiger partial charge in [-0.15, -0.1) is 5.01 Å². The van der Waals surface area contributed by atoms with E-state index in [1.807, 2.05) is 6.07 Å². The molecule has 6 nitrogen and oxygen atoms in total. The average Bonchev–Trinajstić information content (AvgIpc) is 3.10. The first-order chi connectivity index (χ1) is 12.2. The second-order valence-corrected chi connectivity index (χ2v) is 6.23. The number of hydrogen-bond acceptors (Lipinski definition) is 4. The Kier molecular flexibility index (Phi) is 4.11. The highest BCUT2D eigenvalue weighted by molar-refractivity contribution is 6.34. The number of anilines is 1. The van der Waals surface area contributed by atoms with E-state index in [9.17, 15) is 4.79 Å². The van der Waals surface area contributed by atoms with Crippen LogP contribution in [-0.4, -0.2) is 17.7 Å². The third-order valence-corrected chi connectivity index (χ3v) is 4.54. The standard InChI is InChI=1S/C18H15ClN4O2/c19-16-8-4-3-7-15(16)18(24)20-17-12-23(21-25-17)22-10-9-13-5-1-2-6-14(13)11-22/h1-8,12H,9-11H2/p+1. The predicted octanol–water partition coefficient (Wildman–Crippen LogP) is 2.56. The summed E-state index contributed by atoms with van der Waals surface area (Å²) >= 11 is 6.04. The van der Waals surface area contributed by atoms with Crippen LogP contribution in [0.4, 0.5) is 5.88 Å². The van der Waals surface area contributed by atoms with Crippen molar-refractivity contribution in [2.24, 2.45) is 0 Å². The van der Waals surface area contributed by atoms with E-state index in [-0.39, 0.29) is 11.8 Å². The lowest BCUT2D eigenvalue weighted by Crippen LogP contribution is -2.60. The van der Waals surface area contributed by atoms with Crippen molar-refractivity contribution < 1.29 is 14.1 Å². The number of rotatable bonds is 3. The van der Waals surface area contributed by atoms with Crippen molar-refractivity contribution in [1.29, 1.82) is 0 Å². The SMILES string of the molecule is O=C(Nc1c[n+](N2CCc3ccccc3C2)no1)c1ccccc1Cl. The monoisotopic (exact) mass is 355 g/mol. The Labute approximate surface area is 149 Å². The average molecular weight is 356 g/mol. The Morgan fingerprint density at radius 3 is 2.76 bits per heavy atom. The second kappa shape index (κ2) is 6.57. The van der Waals surface area contributed by atoms with Gasteiger partial charge in [-0.25, -0.2) is 0 Å². The Bertz CT molecular complexity index is 925. The van der Waals surface area contributed by atoms with Crippen molar-refractivity contribution >= 4 is 23.4 Å². The van der Waals surface area contributed by atoms with Crippen LogP contribution < -0.4 is 15.1 Å². The van der Waals surface area contributed by atoms with Gasteiger partial charge in [-0.1, -0.05) is 48.0 Å². The minimum Gasteiger partial charge on any atom is -0.285 e. The van der Waals surface area contributed by atoms with Gasteiger partial charge in [0.25, 0.3) is 12.1 Å². The quantitative estimate of drug-likeness (QED) is 0.733. The molecule has 2 aromatic carbocycles. The summed E-state index contributed by atoms with van der Waals surface area (Å²) in [7, 11) is 0. The first kappa shape index (κ1) is 15.7. The molecule has 126 valence electrons. The maximum Gasteiger partial charge on any atom is 0.306 e. The van der Waals surface area contributed by atoms with Gasteiger partial charge >= 0.3 is 5.88 Å². The zero-order chi connectivity index (χ0) is 17.2. The molecule has 1 N–H and O–H groups in total. The van der Waals surface area contributed by atoms with Crippen molar-refractivity contribution in [3.63, 3.8) is 0 Å². The summed E-state index contributed by atoms with van der Waals surface area (Å²) in [5.41, 5.74) is 3.01. The van der Waals surface area contributed by atoms with Gasteiger partial charge in [0.15, 0.2) is 0 Å². The molecule has 0 bridgehead atoms. The summed E-state index contributed by atoms with van der Waals surface area (Å²) in [6, 6.07) is 15.2. The molecule has 1 aromatic heterocycles. The third-order valence-electron chi connectivity index (χ3n) is 4.21. The van der Waals surface area contributed by atoms with Crippen LogP contribution in [0.1, 0.15) is 21.5 Å². The number of benzene rings is 2. The van der Waals surface area contributed by atoms with Crippen molar-refractivity contribution in [3.05, 3.63) is 76.4 Å². The van der Waals surface area contributed by atoms with E-state index in [1.165, 1.54) is 11.1 Å². The number of nitrogens with zero attached hydrogens (tertiary/aromatic N) is 3. The maximum atomic E-state index is 12.3. The van der Waals surface area contributed by atoms with Gasteiger partial charge in [0, 0.05) is 0 Å². The largest absolute Gasteiger partial charge is 0.306 e. The molecule has 0 atom stereocenters. The fraction of sp³-hybridized carbons (Fsp3) is 0.167. The molecule has 4 rings (SSSR count). The van der Waals surface area contributed by atoms with E-state index >= 15 is 0 Å². The smallest absolute Gasteiger partial charge is 0.285 e. The van der Waals surface area contributed by atoms with Crippen LogP contribution in [0.3, 0.4) is 0 Å². The Balaban J connectivity index is 1.48. The molecule has 0 fully saturated rings. The number of fused-ring (bicyclic) bond motifs is 1. The van der Waals surface area contributed by atoms with Crippen LogP contribution in [0.5, 0.6) is 0 Å². The molecule has 0 spiro atoms. The van der Waals surface area contributed by atoms with E-state index in [2.05, 4.69) is 33.8 Å². The van der Waals surface area contributed by atoms with Crippen LogP contribution >= 0.6 is 11.6 Å². The van der Waals surface area contributed by atoms with Gasteiger partial charge in [-0.2, -0.15) is 0 Å². The highest BCUT2D eigenvalue weighted by atomic mass is 35.5. The molecule has 2 heterocycles. The van der Waals surface area contributed by atoms with Crippen molar-refractivity contribution in [2.45, 2.75) is 13.0 Å². The number of hydrogen-bond donors (Lipinski definition) is 1. The van der Waals surface area contributed by atoms with Crippen LogP contribution in [0.15, 0.2) is 59.3 Å². The third kappa shape index (κ3) is 3.21. The highest BCUT2D eigenvalue weighted by Gasteiger charge is 2.26. The summed E-state index contributed by atoms with van der Waals surface area (Å²) in [5.74, 6) is -0.0679. The van der Waals surface area contributed by atoms with Gasteiger partial charge < -0.3 is 0 Å². The van der Waals surface area contributed by atoms with Gasteiger partial charge in [0.05, 0.1) is 21.9 Å². The number of aromatic nitrogens is 2. The molecule has 0 aliphatic carbocycles. The van der Waals surface area contributed by atoms with Crippen molar-refractivity contribution in [2.75, 3.05) is 16.9 Å². The zero-order valence-electron chi connectivity index (χ0n) is 13.4. The normalized spacial score (nSPS) is 13.4. The van der Waals surface area contributed by atoms with Crippen LogP contribution in [0.2, 0.25) is 5.02 Å². The van der Waals surface area contributed by atoms with Crippen LogP contribution in [0, 0.1) is 0 Å². The van der Waals surface area contributed by atoms with Crippen molar-refractivity contribution in [1.82, 2.24) is 5.27 Å². The summed E-state index contributed by atoms with van der Waals surface area (Å²) in [6.45, 7) is 1.57. The maximum absolute atomic E-state index is 12.3. The summed E-state index contributed by atoms with van der Waals surface area (Å²) in [5, 5.41) is 9.12. The van der Waals surface area contributed by atoms with E-state index < -0.39 is 0 Å². The molecule has 25 heavy (non-hydrogen) atoms. The lowest BCUT2D eigenvalue weighted by Gasteiger charge is -2.21. The predicted molar refractivity (Wildman–Crippen MR) is 93.0 cm³/mol. The van der Waals surface area contributed by atoms with Gasteiger partial charge in [0.1, 0.15) is 6.54 Å². The first-order valence-electron chi connectivity index (χ1n) is 7.97. The molecule has 0 saturated carbocycles. The van der Waals surface area contributed by atoms with Crippen molar-refractivity contribution in [3.8, 4) is 0 Å². The molecule has 0 unspecified atom stereocenters. The van der Waals surface area contributed by atoms with E-state index in [0.717, 1.165) is 19.5 Å². The molecule has 1 aliphatic heterocycles. The van der Waals surface area contributed by atoms with Crippen LogP contribution in [0.25, 0.3) is 0 Å². The lowest BCUT2D eigenvalue weighted by atomic mass is 10.0. The van der Waals surface area contributed by atoms with Gasteiger partial charge in [0.2, 0.25) is 5.27 Å². The molecule has 0 radical (unpaired) electrons. The van der Waals surface area contributed by atoms with E-state index in [4.69, 9.17) is 16.1 Å². The topological polar surface area (TPSA) is 62.3 Å². The minimum absolute atomic E-state index is 0.267. The molecule has 1 amide bonds. The molecule has 1 aliphatic rings. The van der Waals surface area contributed by atoms with E-state index in [1.54, 1.807) is 35.3 Å². The highest BCUT2D eigenvalue weighted by Crippen LogP contribution is 2.18. The Morgan fingerprint density at radius 1 is 1.16 bits per heavy atom. The molecular formula is C18H16ClN4O2+. The van der Waals surface area contributed by atoms with Crippen LogP contribution in [-0.2, 0) is 13.0 Å². The summed E-state index contributed by atoms with van der Waals surface area (Å²) in [4.78, 5) is 13.9. The number of carbonyl (C=O) groups is 1. The zero-order valence-corrected chi connectivity index (χ0v) is 14.1. The minimum atomic E-state index is -0.335. The van der Waals surface area contributed by atoms with Gasteiger partial charge in [-0.3, -0.25) is 14.6 Å². The molecule has 0 saturated heterocycles. The Hall–Kier alpha value is -2.86. The molecule has 3 aromatic rings. The fourth-order valence-corrected chi connectivity index (χ4v) is 3.13.